The Bertz CT molecular complexity index is 336. The Labute approximate surface area is 82.3 Å². The van der Waals surface area contributed by atoms with Crippen LogP contribution in [0.15, 0.2) is 18.2 Å². The molecular weight excluding hydrogens is 182 g/mol. The lowest BCUT2D eigenvalue weighted by molar-refractivity contribution is 0.0692. The van der Waals surface area contributed by atoms with E-state index < -0.39 is 5.97 Å². The smallest absolute Gasteiger partial charge is 0.339 e. The van der Waals surface area contributed by atoms with E-state index in [9.17, 15) is 4.79 Å². The first-order valence-electron chi connectivity index (χ1n) is 4.38. The zero-order valence-electron chi connectivity index (χ0n) is 7.99. The van der Waals surface area contributed by atoms with Gasteiger partial charge in [0.1, 0.15) is 11.3 Å². The average Bonchev–Trinajstić information content (AvgIpc) is 2.17. The van der Waals surface area contributed by atoms with Crippen LogP contribution in [0.3, 0.4) is 0 Å². The van der Waals surface area contributed by atoms with Gasteiger partial charge in [0, 0.05) is 6.54 Å². The van der Waals surface area contributed by atoms with Crippen molar-refractivity contribution in [3.8, 4) is 5.75 Å². The maximum atomic E-state index is 10.8. The van der Waals surface area contributed by atoms with Crippen LogP contribution in [0, 0.1) is 0 Å². The summed E-state index contributed by atoms with van der Waals surface area (Å²) in [4.78, 5) is 10.8. The minimum Gasteiger partial charge on any atom is -0.493 e. The van der Waals surface area contributed by atoms with Crippen molar-refractivity contribution in [2.24, 2.45) is 5.73 Å². The summed E-state index contributed by atoms with van der Waals surface area (Å²) >= 11 is 0. The van der Waals surface area contributed by atoms with Crippen LogP contribution in [-0.4, -0.2) is 17.7 Å². The van der Waals surface area contributed by atoms with E-state index in [2.05, 4.69) is 0 Å². The monoisotopic (exact) mass is 195 g/mol. The molecule has 0 aliphatic rings. The standard InChI is InChI=1S/C10H13NO3/c1-2-14-9-5-7(6-11)3-4-8(9)10(12)13/h3-5H,2,6,11H2,1H3,(H,12,13). The van der Waals surface area contributed by atoms with Crippen molar-refractivity contribution in [2.75, 3.05) is 6.61 Å². The third-order valence-corrected chi connectivity index (χ3v) is 1.81. The molecule has 0 spiro atoms. The fourth-order valence-electron chi connectivity index (χ4n) is 1.15. The molecule has 0 radical (unpaired) electrons. The normalized spacial score (nSPS) is 9.86. The summed E-state index contributed by atoms with van der Waals surface area (Å²) in [7, 11) is 0. The zero-order valence-corrected chi connectivity index (χ0v) is 7.99. The summed E-state index contributed by atoms with van der Waals surface area (Å²) in [6.45, 7) is 2.62. The number of nitrogens with two attached hydrogens (primary N) is 1. The van der Waals surface area contributed by atoms with Gasteiger partial charge in [0.25, 0.3) is 0 Å². The molecular formula is C10H13NO3. The van der Waals surface area contributed by atoms with Crippen molar-refractivity contribution < 1.29 is 14.6 Å². The Morgan fingerprint density at radius 1 is 1.57 bits per heavy atom. The molecule has 0 saturated carbocycles. The molecule has 1 rings (SSSR count). The van der Waals surface area contributed by atoms with E-state index >= 15 is 0 Å². The number of ether oxygens (including phenoxy) is 1. The van der Waals surface area contributed by atoms with Crippen LogP contribution in [0.2, 0.25) is 0 Å². The van der Waals surface area contributed by atoms with Crippen LogP contribution in [0.4, 0.5) is 0 Å². The Morgan fingerprint density at radius 3 is 2.79 bits per heavy atom. The quantitative estimate of drug-likeness (QED) is 0.758. The van der Waals surface area contributed by atoms with Crippen LogP contribution in [0.1, 0.15) is 22.8 Å². The Balaban J connectivity index is 3.10. The van der Waals surface area contributed by atoms with Crippen LogP contribution in [-0.2, 0) is 6.54 Å². The fraction of sp³-hybridized carbons (Fsp3) is 0.300. The first kappa shape index (κ1) is 10.5. The molecule has 0 saturated heterocycles. The van der Waals surface area contributed by atoms with Crippen molar-refractivity contribution in [3.05, 3.63) is 29.3 Å². The molecule has 0 heterocycles. The fourth-order valence-corrected chi connectivity index (χ4v) is 1.15. The largest absolute Gasteiger partial charge is 0.493 e. The van der Waals surface area contributed by atoms with Crippen molar-refractivity contribution in [1.29, 1.82) is 0 Å². The number of carbonyl (C=O) groups is 1. The molecule has 0 amide bonds. The third-order valence-electron chi connectivity index (χ3n) is 1.81. The van der Waals surface area contributed by atoms with Gasteiger partial charge in [-0.25, -0.2) is 4.79 Å². The summed E-state index contributed by atoms with van der Waals surface area (Å²) in [6.07, 6.45) is 0. The number of rotatable bonds is 4. The highest BCUT2D eigenvalue weighted by atomic mass is 16.5. The molecule has 14 heavy (non-hydrogen) atoms. The summed E-state index contributed by atoms with van der Waals surface area (Å²) < 4.78 is 5.20. The minimum atomic E-state index is -0.989. The Hall–Kier alpha value is -1.55. The van der Waals surface area contributed by atoms with Crippen LogP contribution in [0.5, 0.6) is 5.75 Å². The van der Waals surface area contributed by atoms with Gasteiger partial charge in [0.2, 0.25) is 0 Å². The number of carboxylic acid groups (broad SMARTS) is 1. The predicted molar refractivity (Wildman–Crippen MR) is 52.5 cm³/mol. The van der Waals surface area contributed by atoms with Gasteiger partial charge in [0.15, 0.2) is 0 Å². The molecule has 76 valence electrons. The van der Waals surface area contributed by atoms with Gasteiger partial charge in [-0.05, 0) is 24.6 Å². The van der Waals surface area contributed by atoms with E-state index in [4.69, 9.17) is 15.6 Å². The minimum absolute atomic E-state index is 0.170. The first-order valence-corrected chi connectivity index (χ1v) is 4.38. The molecule has 0 unspecified atom stereocenters. The summed E-state index contributed by atoms with van der Waals surface area (Å²) in [5, 5.41) is 8.84. The second-order valence-corrected chi connectivity index (χ2v) is 2.77. The second-order valence-electron chi connectivity index (χ2n) is 2.77. The van der Waals surface area contributed by atoms with Crippen molar-refractivity contribution in [3.63, 3.8) is 0 Å². The van der Waals surface area contributed by atoms with Gasteiger partial charge in [0.05, 0.1) is 6.61 Å². The molecule has 0 fully saturated rings. The van der Waals surface area contributed by atoms with E-state index in [1.807, 2.05) is 0 Å². The van der Waals surface area contributed by atoms with Crippen LogP contribution in [0.25, 0.3) is 0 Å². The molecule has 1 aromatic rings. The Kier molecular flexibility index (Phi) is 3.48. The number of hydrogen-bond acceptors (Lipinski definition) is 3. The lowest BCUT2D eigenvalue weighted by Gasteiger charge is -2.08. The van der Waals surface area contributed by atoms with Gasteiger partial charge in [-0.2, -0.15) is 0 Å². The van der Waals surface area contributed by atoms with E-state index in [0.717, 1.165) is 5.56 Å². The van der Waals surface area contributed by atoms with Gasteiger partial charge < -0.3 is 15.6 Å². The van der Waals surface area contributed by atoms with Crippen LogP contribution < -0.4 is 10.5 Å². The molecule has 4 heteroatoms. The Morgan fingerprint density at radius 2 is 2.29 bits per heavy atom. The van der Waals surface area contributed by atoms with Crippen molar-refractivity contribution in [1.82, 2.24) is 0 Å². The summed E-state index contributed by atoms with van der Waals surface area (Å²) in [5.74, 6) is -0.611. The van der Waals surface area contributed by atoms with Gasteiger partial charge in [-0.3, -0.25) is 0 Å². The highest BCUT2D eigenvalue weighted by molar-refractivity contribution is 5.90. The topological polar surface area (TPSA) is 72.5 Å². The molecule has 0 aromatic heterocycles. The first-order chi connectivity index (χ1) is 6.69. The summed E-state index contributed by atoms with van der Waals surface area (Å²) in [5.41, 5.74) is 6.47. The molecule has 0 bridgehead atoms. The molecule has 1 aromatic carbocycles. The third kappa shape index (κ3) is 2.23. The molecule has 0 atom stereocenters. The van der Waals surface area contributed by atoms with E-state index in [-0.39, 0.29) is 5.56 Å². The van der Waals surface area contributed by atoms with Gasteiger partial charge in [-0.15, -0.1) is 0 Å². The number of carboxylic acids is 1. The highest BCUT2D eigenvalue weighted by Gasteiger charge is 2.10. The molecule has 0 aliphatic carbocycles. The second kappa shape index (κ2) is 4.62. The van der Waals surface area contributed by atoms with Crippen LogP contribution >= 0.6 is 0 Å². The maximum Gasteiger partial charge on any atom is 0.339 e. The highest BCUT2D eigenvalue weighted by Crippen LogP contribution is 2.20. The number of benzene rings is 1. The number of aromatic carboxylic acids is 1. The number of hydrogen-bond donors (Lipinski definition) is 2. The molecule has 0 aliphatic heterocycles. The lowest BCUT2D eigenvalue weighted by Crippen LogP contribution is -2.05. The predicted octanol–water partition coefficient (Wildman–Crippen LogP) is 1.24. The molecule has 3 N–H and O–H groups in total. The summed E-state index contributed by atoms with van der Waals surface area (Å²) in [6, 6.07) is 4.86. The lowest BCUT2D eigenvalue weighted by atomic mass is 10.1. The van der Waals surface area contributed by atoms with E-state index in [1.165, 1.54) is 6.07 Å². The SMILES string of the molecule is CCOc1cc(CN)ccc1C(=O)O. The van der Waals surface area contributed by atoms with E-state index in [1.54, 1.807) is 19.1 Å². The van der Waals surface area contributed by atoms with Crippen molar-refractivity contribution >= 4 is 5.97 Å². The van der Waals surface area contributed by atoms with Gasteiger partial charge in [-0.1, -0.05) is 6.07 Å². The zero-order chi connectivity index (χ0) is 10.6. The molecule has 4 nitrogen and oxygen atoms in total. The average molecular weight is 195 g/mol. The van der Waals surface area contributed by atoms with E-state index in [0.29, 0.717) is 18.9 Å². The van der Waals surface area contributed by atoms with Gasteiger partial charge >= 0.3 is 5.97 Å². The van der Waals surface area contributed by atoms with Crippen molar-refractivity contribution in [2.45, 2.75) is 13.5 Å². The maximum absolute atomic E-state index is 10.8.